The number of aliphatic carboxylic acids is 1. The molecule has 52 heavy (non-hydrogen) atoms. The summed E-state index contributed by atoms with van der Waals surface area (Å²) in [6.45, 7) is 7.13. The zero-order chi connectivity index (χ0) is 37.8. The van der Waals surface area contributed by atoms with E-state index in [-0.39, 0.29) is 5.92 Å². The number of hydrogen-bond donors (Lipinski definition) is 1. The molecule has 0 saturated heterocycles. The minimum Gasteiger partial charge on any atom is -0.481 e. The Morgan fingerprint density at radius 3 is 0.750 bits per heavy atom. The molecule has 1 N–H and O–H groups in total. The molecular formula is C49H99NO2. The Labute approximate surface area is 329 Å². The van der Waals surface area contributed by atoms with Crippen LogP contribution in [0.15, 0.2) is 0 Å². The van der Waals surface area contributed by atoms with Gasteiger partial charge in [-0.15, -0.1) is 0 Å². The molecule has 1 unspecified atom stereocenters. The summed E-state index contributed by atoms with van der Waals surface area (Å²) in [4.78, 5) is 14.3. The number of carboxylic acids is 1. The van der Waals surface area contributed by atoms with Gasteiger partial charge in [0.15, 0.2) is 0 Å². The van der Waals surface area contributed by atoms with Gasteiger partial charge in [-0.3, -0.25) is 4.79 Å². The van der Waals surface area contributed by atoms with Crippen molar-refractivity contribution < 1.29 is 9.90 Å². The summed E-state index contributed by atoms with van der Waals surface area (Å²) in [5, 5.41) is 9.71. The van der Waals surface area contributed by atoms with Crippen LogP contribution in [0.2, 0.25) is 0 Å². The minimum absolute atomic E-state index is 0.108. The van der Waals surface area contributed by atoms with Crippen LogP contribution in [-0.2, 0) is 4.79 Å². The van der Waals surface area contributed by atoms with E-state index in [9.17, 15) is 9.90 Å². The third-order valence-corrected chi connectivity index (χ3v) is 12.0. The topological polar surface area (TPSA) is 40.5 Å². The van der Waals surface area contributed by atoms with E-state index in [0.717, 1.165) is 25.7 Å². The van der Waals surface area contributed by atoms with E-state index >= 15 is 0 Å². The van der Waals surface area contributed by atoms with Crippen molar-refractivity contribution in [2.75, 3.05) is 20.1 Å². The summed E-state index contributed by atoms with van der Waals surface area (Å²) in [6, 6.07) is 0. The number of hydrogen-bond acceptors (Lipinski definition) is 2. The number of rotatable bonds is 46. The molecule has 0 bridgehead atoms. The van der Waals surface area contributed by atoms with Crippen LogP contribution in [0, 0.1) is 5.92 Å². The van der Waals surface area contributed by atoms with Gasteiger partial charge in [0.1, 0.15) is 0 Å². The first-order chi connectivity index (χ1) is 25.6. The second kappa shape index (κ2) is 44.8. The molecule has 0 heterocycles. The highest BCUT2D eigenvalue weighted by molar-refractivity contribution is 5.69. The van der Waals surface area contributed by atoms with Gasteiger partial charge in [-0.25, -0.2) is 0 Å². The fourth-order valence-corrected chi connectivity index (χ4v) is 8.20. The highest BCUT2D eigenvalue weighted by Crippen LogP contribution is 2.21. The fourth-order valence-electron chi connectivity index (χ4n) is 8.20. The summed E-state index contributed by atoms with van der Waals surface area (Å²) < 4.78 is 0. The third kappa shape index (κ3) is 42.2. The monoisotopic (exact) mass is 734 g/mol. The number of unbranched alkanes of at least 4 members (excludes halogenated alkanes) is 37. The molecule has 0 radical (unpaired) electrons. The van der Waals surface area contributed by atoms with Gasteiger partial charge in [0.25, 0.3) is 0 Å². The SMILES string of the molecule is CCCCCCCCCCCCCCCCCCC(CCCCCCCCCCN(C)CCCCCCCCCCCCCCCCCC)C(=O)O. The second-order valence-electron chi connectivity index (χ2n) is 17.4. The first-order valence-corrected chi connectivity index (χ1v) is 24.5. The Kier molecular flexibility index (Phi) is 44.3. The molecule has 312 valence electrons. The Bertz CT molecular complexity index is 666. The molecule has 3 heteroatoms. The number of carbonyl (C=O) groups is 1. The third-order valence-electron chi connectivity index (χ3n) is 12.0. The van der Waals surface area contributed by atoms with Gasteiger partial charge in [0.2, 0.25) is 0 Å². The van der Waals surface area contributed by atoms with Crippen LogP contribution < -0.4 is 0 Å². The second-order valence-corrected chi connectivity index (χ2v) is 17.4. The van der Waals surface area contributed by atoms with Crippen molar-refractivity contribution in [3.63, 3.8) is 0 Å². The Morgan fingerprint density at radius 2 is 0.538 bits per heavy atom. The van der Waals surface area contributed by atoms with Gasteiger partial charge in [-0.2, -0.15) is 0 Å². The van der Waals surface area contributed by atoms with Crippen molar-refractivity contribution in [1.29, 1.82) is 0 Å². The first kappa shape index (κ1) is 51.4. The van der Waals surface area contributed by atoms with Crippen molar-refractivity contribution in [1.82, 2.24) is 4.90 Å². The molecular weight excluding hydrogens is 635 g/mol. The molecule has 0 aliphatic heterocycles. The smallest absolute Gasteiger partial charge is 0.306 e. The molecule has 0 aliphatic carbocycles. The highest BCUT2D eigenvalue weighted by atomic mass is 16.4. The van der Waals surface area contributed by atoms with Gasteiger partial charge < -0.3 is 10.0 Å². The molecule has 0 aromatic carbocycles. The van der Waals surface area contributed by atoms with Gasteiger partial charge >= 0.3 is 5.97 Å². The van der Waals surface area contributed by atoms with E-state index in [1.165, 1.54) is 257 Å². The molecule has 3 nitrogen and oxygen atoms in total. The van der Waals surface area contributed by atoms with E-state index in [1.807, 2.05) is 0 Å². The standard InChI is InChI=1S/C49H99NO2/c1-4-6-8-10-12-14-16-18-20-22-24-26-28-32-36-40-44-48(49(51)52)45-41-37-33-29-31-35-39-43-47-50(3)46-42-38-34-30-27-25-23-21-19-17-15-13-11-9-7-5-2/h48H,4-47H2,1-3H3,(H,51,52). The van der Waals surface area contributed by atoms with E-state index in [1.54, 1.807) is 0 Å². The van der Waals surface area contributed by atoms with Crippen LogP contribution in [0.4, 0.5) is 0 Å². The van der Waals surface area contributed by atoms with Crippen LogP contribution >= 0.6 is 0 Å². The lowest BCUT2D eigenvalue weighted by Crippen LogP contribution is -2.20. The van der Waals surface area contributed by atoms with Gasteiger partial charge in [-0.05, 0) is 45.8 Å². The van der Waals surface area contributed by atoms with Crippen molar-refractivity contribution in [3.05, 3.63) is 0 Å². The normalized spacial score (nSPS) is 12.3. The largest absolute Gasteiger partial charge is 0.481 e. The molecule has 0 aromatic rings. The number of nitrogens with zero attached hydrogens (tertiary/aromatic N) is 1. The maximum atomic E-state index is 11.8. The van der Waals surface area contributed by atoms with Crippen molar-refractivity contribution in [2.45, 2.75) is 284 Å². The van der Waals surface area contributed by atoms with Crippen molar-refractivity contribution in [2.24, 2.45) is 5.92 Å². The lowest BCUT2D eigenvalue weighted by molar-refractivity contribution is -0.142. The molecule has 0 saturated carbocycles. The fraction of sp³-hybridized carbons (Fsp3) is 0.980. The summed E-state index contributed by atoms with van der Waals surface area (Å²) in [5.41, 5.74) is 0. The summed E-state index contributed by atoms with van der Waals surface area (Å²) in [5.74, 6) is -0.663. The van der Waals surface area contributed by atoms with Crippen LogP contribution in [0.25, 0.3) is 0 Å². The molecule has 1 atom stereocenters. The lowest BCUT2D eigenvalue weighted by Gasteiger charge is -2.16. The van der Waals surface area contributed by atoms with Gasteiger partial charge in [0, 0.05) is 0 Å². The highest BCUT2D eigenvalue weighted by Gasteiger charge is 2.16. The minimum atomic E-state index is -0.555. The maximum absolute atomic E-state index is 11.8. The predicted octanol–water partition coefficient (Wildman–Crippen LogP) is 17.0. The van der Waals surface area contributed by atoms with E-state index in [0.29, 0.717) is 0 Å². The Morgan fingerprint density at radius 1 is 0.346 bits per heavy atom. The first-order valence-electron chi connectivity index (χ1n) is 24.5. The quantitative estimate of drug-likeness (QED) is 0.0633. The molecule has 0 aromatic heterocycles. The van der Waals surface area contributed by atoms with E-state index in [4.69, 9.17) is 0 Å². The maximum Gasteiger partial charge on any atom is 0.306 e. The molecule has 0 fully saturated rings. The van der Waals surface area contributed by atoms with Crippen LogP contribution in [0.1, 0.15) is 284 Å². The summed E-state index contributed by atoms with van der Waals surface area (Å²) in [6.07, 6.45) is 57.2. The number of carboxylic acid groups (broad SMARTS) is 1. The predicted molar refractivity (Wildman–Crippen MR) is 234 cm³/mol. The molecule has 0 amide bonds. The van der Waals surface area contributed by atoms with E-state index < -0.39 is 5.97 Å². The lowest BCUT2D eigenvalue weighted by atomic mass is 9.94. The van der Waals surface area contributed by atoms with Crippen LogP contribution in [0.3, 0.4) is 0 Å². The van der Waals surface area contributed by atoms with Crippen molar-refractivity contribution in [3.8, 4) is 0 Å². The summed E-state index contributed by atoms with van der Waals surface area (Å²) >= 11 is 0. The molecule has 0 spiro atoms. The average molecular weight is 734 g/mol. The van der Waals surface area contributed by atoms with Gasteiger partial charge in [0.05, 0.1) is 5.92 Å². The van der Waals surface area contributed by atoms with Crippen LogP contribution in [-0.4, -0.2) is 36.1 Å². The van der Waals surface area contributed by atoms with Crippen LogP contribution in [0.5, 0.6) is 0 Å². The molecule has 0 aliphatic rings. The van der Waals surface area contributed by atoms with E-state index in [2.05, 4.69) is 25.8 Å². The Hall–Kier alpha value is -0.570. The average Bonchev–Trinajstić information content (AvgIpc) is 3.14. The zero-order valence-corrected chi connectivity index (χ0v) is 36.5. The van der Waals surface area contributed by atoms with Crippen molar-refractivity contribution >= 4 is 5.97 Å². The zero-order valence-electron chi connectivity index (χ0n) is 36.5. The van der Waals surface area contributed by atoms with Gasteiger partial charge in [-0.1, -0.05) is 258 Å². The summed E-state index contributed by atoms with van der Waals surface area (Å²) in [7, 11) is 2.32. The Balaban J connectivity index is 3.39. The molecule has 0 rings (SSSR count).